The van der Waals surface area contributed by atoms with E-state index < -0.39 is 16.1 Å². The Morgan fingerprint density at radius 3 is 2.68 bits per heavy atom. The van der Waals surface area contributed by atoms with Crippen LogP contribution < -0.4 is 0 Å². The van der Waals surface area contributed by atoms with Crippen molar-refractivity contribution >= 4 is 10.0 Å². The fourth-order valence-corrected chi connectivity index (χ4v) is 4.31. The second-order valence-corrected chi connectivity index (χ2v) is 7.26. The normalized spacial score (nSPS) is 23.2. The largest absolute Gasteiger partial charge is 0.392 e. The van der Waals surface area contributed by atoms with Gasteiger partial charge in [-0.15, -0.1) is 0 Å². The molecule has 1 aromatic carbocycles. The fourth-order valence-electron chi connectivity index (χ4n) is 2.47. The van der Waals surface area contributed by atoms with Gasteiger partial charge in [0.2, 0.25) is 10.0 Å². The van der Waals surface area contributed by atoms with Gasteiger partial charge in [-0.2, -0.15) is 4.31 Å². The first-order chi connectivity index (χ1) is 8.99. The Labute approximate surface area is 115 Å². The molecule has 19 heavy (non-hydrogen) atoms. The van der Waals surface area contributed by atoms with Crippen molar-refractivity contribution in [2.45, 2.75) is 31.8 Å². The summed E-state index contributed by atoms with van der Waals surface area (Å²) in [7, 11) is -3.29. The van der Waals surface area contributed by atoms with Gasteiger partial charge < -0.3 is 5.11 Å². The number of sulfonamides is 1. The molecule has 0 aliphatic carbocycles. The van der Waals surface area contributed by atoms with E-state index >= 15 is 0 Å². The van der Waals surface area contributed by atoms with Crippen molar-refractivity contribution in [3.8, 4) is 0 Å². The van der Waals surface area contributed by atoms with Gasteiger partial charge in [0, 0.05) is 13.1 Å². The van der Waals surface area contributed by atoms with Crippen LogP contribution in [0.2, 0.25) is 0 Å². The Morgan fingerprint density at radius 1 is 1.37 bits per heavy atom. The van der Waals surface area contributed by atoms with E-state index in [0.29, 0.717) is 13.0 Å². The lowest BCUT2D eigenvalue weighted by Gasteiger charge is -2.30. The quantitative estimate of drug-likeness (QED) is 0.912. The predicted molar refractivity (Wildman–Crippen MR) is 75.5 cm³/mol. The Kier molecular flexibility index (Phi) is 4.60. The molecule has 5 heteroatoms. The van der Waals surface area contributed by atoms with Gasteiger partial charge in [0.25, 0.3) is 0 Å². The summed E-state index contributed by atoms with van der Waals surface area (Å²) in [6.07, 6.45) is 0.913. The van der Waals surface area contributed by atoms with Crippen LogP contribution >= 0.6 is 0 Å². The summed E-state index contributed by atoms with van der Waals surface area (Å²) in [4.78, 5) is 0. The molecule has 0 amide bonds. The number of hydrogen-bond donors (Lipinski definition) is 1. The highest BCUT2D eigenvalue weighted by molar-refractivity contribution is 7.89. The van der Waals surface area contributed by atoms with E-state index in [0.717, 1.165) is 12.0 Å². The van der Waals surface area contributed by atoms with Crippen molar-refractivity contribution < 1.29 is 13.5 Å². The maximum Gasteiger partial charge on any atom is 0.214 e. The average molecular weight is 283 g/mol. The number of aliphatic hydroxyl groups excluding tert-OH is 1. The van der Waals surface area contributed by atoms with Crippen LogP contribution in [0.4, 0.5) is 0 Å². The predicted octanol–water partition coefficient (Wildman–Crippen LogP) is 1.58. The zero-order chi connectivity index (χ0) is 13.9. The standard InChI is InChI=1S/C14H21NO3S/c1-12(13-6-3-2-4-7-13)11-19(17,18)15-9-5-8-14(16)10-15/h2-4,6-7,12,14,16H,5,8-11H2,1H3/t12?,14-/m0/s1. The summed E-state index contributed by atoms with van der Waals surface area (Å²) >= 11 is 0. The SMILES string of the molecule is CC(CS(=O)(=O)N1CCC[C@H](O)C1)c1ccccc1. The highest BCUT2D eigenvalue weighted by atomic mass is 32.2. The van der Waals surface area contributed by atoms with Crippen molar-refractivity contribution in [3.63, 3.8) is 0 Å². The molecular weight excluding hydrogens is 262 g/mol. The van der Waals surface area contributed by atoms with Crippen LogP contribution in [-0.2, 0) is 10.0 Å². The van der Waals surface area contributed by atoms with E-state index in [1.165, 1.54) is 4.31 Å². The lowest BCUT2D eigenvalue weighted by molar-refractivity contribution is 0.108. The smallest absolute Gasteiger partial charge is 0.214 e. The van der Waals surface area contributed by atoms with E-state index in [-0.39, 0.29) is 18.2 Å². The molecule has 2 atom stereocenters. The molecule has 0 aromatic heterocycles. The molecule has 1 aromatic rings. The summed E-state index contributed by atoms with van der Waals surface area (Å²) in [5.74, 6) is 0.0641. The monoisotopic (exact) mass is 283 g/mol. The Bertz CT molecular complexity index is 501. The van der Waals surface area contributed by atoms with Crippen LogP contribution in [0.5, 0.6) is 0 Å². The molecule has 4 nitrogen and oxygen atoms in total. The number of hydrogen-bond acceptors (Lipinski definition) is 3. The summed E-state index contributed by atoms with van der Waals surface area (Å²) in [5.41, 5.74) is 1.03. The second-order valence-electron chi connectivity index (χ2n) is 5.24. The minimum Gasteiger partial charge on any atom is -0.392 e. The number of rotatable bonds is 4. The zero-order valence-corrected chi connectivity index (χ0v) is 12.0. The lowest BCUT2D eigenvalue weighted by Crippen LogP contribution is -2.43. The van der Waals surface area contributed by atoms with Crippen LogP contribution in [-0.4, -0.2) is 42.8 Å². The number of nitrogens with zero attached hydrogens (tertiary/aromatic N) is 1. The fraction of sp³-hybridized carbons (Fsp3) is 0.571. The van der Waals surface area contributed by atoms with Crippen LogP contribution in [0.3, 0.4) is 0 Å². The Balaban J connectivity index is 2.04. The molecule has 0 spiro atoms. The van der Waals surface area contributed by atoms with Gasteiger partial charge >= 0.3 is 0 Å². The van der Waals surface area contributed by atoms with Crippen LogP contribution in [0.1, 0.15) is 31.2 Å². The van der Waals surface area contributed by atoms with Crippen LogP contribution in [0.25, 0.3) is 0 Å². The van der Waals surface area contributed by atoms with Crippen molar-refractivity contribution in [1.29, 1.82) is 0 Å². The van der Waals surface area contributed by atoms with E-state index in [1.54, 1.807) is 0 Å². The molecule has 0 saturated carbocycles. The molecule has 1 heterocycles. The Hall–Kier alpha value is -0.910. The van der Waals surface area contributed by atoms with Crippen LogP contribution in [0, 0.1) is 0 Å². The van der Waals surface area contributed by atoms with Gasteiger partial charge in [-0.25, -0.2) is 8.42 Å². The van der Waals surface area contributed by atoms with Gasteiger partial charge in [0.15, 0.2) is 0 Å². The van der Waals surface area contributed by atoms with Crippen molar-refractivity contribution in [2.75, 3.05) is 18.8 Å². The van der Waals surface area contributed by atoms with E-state index in [2.05, 4.69) is 0 Å². The topological polar surface area (TPSA) is 57.6 Å². The van der Waals surface area contributed by atoms with Gasteiger partial charge in [0.05, 0.1) is 11.9 Å². The molecule has 1 aliphatic rings. The van der Waals surface area contributed by atoms with E-state index in [1.807, 2.05) is 37.3 Å². The van der Waals surface area contributed by atoms with Crippen LogP contribution in [0.15, 0.2) is 30.3 Å². The van der Waals surface area contributed by atoms with Gasteiger partial charge in [-0.05, 0) is 24.3 Å². The summed E-state index contributed by atoms with van der Waals surface area (Å²) in [6.45, 7) is 2.69. The molecule has 0 radical (unpaired) electrons. The molecular formula is C14H21NO3S. The zero-order valence-electron chi connectivity index (χ0n) is 11.2. The third-order valence-electron chi connectivity index (χ3n) is 3.58. The molecule has 1 saturated heterocycles. The number of aliphatic hydroxyl groups is 1. The Morgan fingerprint density at radius 2 is 2.05 bits per heavy atom. The minimum atomic E-state index is -3.29. The summed E-state index contributed by atoms with van der Waals surface area (Å²) < 4.78 is 26.1. The maximum atomic E-state index is 12.3. The number of piperidine rings is 1. The first-order valence-corrected chi connectivity index (χ1v) is 8.31. The maximum absolute atomic E-state index is 12.3. The second kappa shape index (κ2) is 6.03. The highest BCUT2D eigenvalue weighted by Gasteiger charge is 2.29. The lowest BCUT2D eigenvalue weighted by atomic mass is 10.0. The first-order valence-electron chi connectivity index (χ1n) is 6.70. The van der Waals surface area contributed by atoms with Gasteiger partial charge in [0.1, 0.15) is 0 Å². The highest BCUT2D eigenvalue weighted by Crippen LogP contribution is 2.21. The number of β-amino-alcohol motifs (C(OH)–C–C–N with tert-alkyl or cyclic N) is 1. The molecule has 106 valence electrons. The molecule has 0 bridgehead atoms. The van der Waals surface area contributed by atoms with E-state index in [4.69, 9.17) is 0 Å². The average Bonchev–Trinajstić information content (AvgIpc) is 2.39. The van der Waals surface area contributed by atoms with Crippen molar-refractivity contribution in [3.05, 3.63) is 35.9 Å². The summed E-state index contributed by atoms with van der Waals surface area (Å²) in [6, 6.07) is 9.66. The third-order valence-corrected chi connectivity index (χ3v) is 5.62. The summed E-state index contributed by atoms with van der Waals surface area (Å²) in [5, 5.41) is 9.59. The molecule has 2 rings (SSSR count). The third kappa shape index (κ3) is 3.78. The van der Waals surface area contributed by atoms with Crippen molar-refractivity contribution in [1.82, 2.24) is 4.31 Å². The minimum absolute atomic E-state index is 0.0368. The molecule has 1 fully saturated rings. The van der Waals surface area contributed by atoms with E-state index in [9.17, 15) is 13.5 Å². The van der Waals surface area contributed by atoms with Gasteiger partial charge in [-0.3, -0.25) is 0 Å². The first kappa shape index (κ1) is 14.5. The number of benzene rings is 1. The van der Waals surface area contributed by atoms with Gasteiger partial charge in [-0.1, -0.05) is 37.3 Å². The molecule has 1 N–H and O–H groups in total. The molecule has 1 aliphatic heterocycles. The molecule has 1 unspecified atom stereocenters. The van der Waals surface area contributed by atoms with Crippen molar-refractivity contribution in [2.24, 2.45) is 0 Å².